The number of aliphatic imine (C=N–C) groups is 1. The summed E-state index contributed by atoms with van der Waals surface area (Å²) in [5.74, 6) is -0.0750. The minimum absolute atomic E-state index is 0.229. The molecular weight excluding hydrogens is 367 g/mol. The molecule has 2 heterocycles. The highest BCUT2D eigenvalue weighted by molar-refractivity contribution is 5.98. The van der Waals surface area contributed by atoms with Gasteiger partial charge in [0, 0.05) is 37.7 Å². The van der Waals surface area contributed by atoms with Crippen LogP contribution in [0.25, 0.3) is 0 Å². The number of allylic oxidation sites excluding steroid dienone is 2. The molecule has 2 N–H and O–H groups in total. The third kappa shape index (κ3) is 5.14. The Morgan fingerprint density at radius 3 is 2.59 bits per heavy atom. The van der Waals surface area contributed by atoms with Crippen molar-refractivity contribution < 1.29 is 9.50 Å². The Morgan fingerprint density at radius 1 is 1.24 bits per heavy atom. The first-order valence-electron chi connectivity index (χ1n) is 10.1. The third-order valence-corrected chi connectivity index (χ3v) is 5.38. The Labute approximate surface area is 172 Å². The number of nitrogens with one attached hydrogen (secondary N) is 1. The highest BCUT2D eigenvalue weighted by Gasteiger charge is 2.25. The number of hydrogen-bond acceptors (Lipinski definition) is 4. The van der Waals surface area contributed by atoms with Crippen molar-refractivity contribution in [3.63, 3.8) is 0 Å². The second-order valence-electron chi connectivity index (χ2n) is 7.93. The van der Waals surface area contributed by atoms with Crippen molar-refractivity contribution in [3.05, 3.63) is 64.7 Å². The van der Waals surface area contributed by atoms with Gasteiger partial charge in [0.05, 0.1) is 6.10 Å². The van der Waals surface area contributed by atoms with Crippen LogP contribution in [-0.4, -0.2) is 45.8 Å². The summed E-state index contributed by atoms with van der Waals surface area (Å²) in [6.45, 7) is 11.9. The quantitative estimate of drug-likeness (QED) is 0.567. The maximum absolute atomic E-state index is 14.7. The molecule has 3 rings (SSSR count). The van der Waals surface area contributed by atoms with E-state index in [0.717, 1.165) is 23.4 Å². The highest BCUT2D eigenvalue weighted by Crippen LogP contribution is 2.20. The van der Waals surface area contributed by atoms with Gasteiger partial charge in [-0.1, -0.05) is 6.07 Å². The monoisotopic (exact) mass is 398 g/mol. The second kappa shape index (κ2) is 8.93. The summed E-state index contributed by atoms with van der Waals surface area (Å²) in [7, 11) is 0. The van der Waals surface area contributed by atoms with Gasteiger partial charge in [-0.15, -0.1) is 0 Å². The van der Waals surface area contributed by atoms with E-state index < -0.39 is 0 Å². The van der Waals surface area contributed by atoms with Crippen LogP contribution < -0.4 is 5.32 Å². The first-order chi connectivity index (χ1) is 13.8. The van der Waals surface area contributed by atoms with Gasteiger partial charge in [0.15, 0.2) is 11.7 Å². The molecule has 1 aliphatic rings. The molecular formula is C23H31FN4O. The normalized spacial score (nSPS) is 17.3. The van der Waals surface area contributed by atoms with E-state index in [2.05, 4.69) is 41.2 Å². The van der Waals surface area contributed by atoms with Crippen molar-refractivity contribution in [1.82, 2.24) is 9.47 Å². The molecule has 2 aromatic rings. The zero-order chi connectivity index (χ0) is 21.1. The molecule has 0 radical (unpaired) electrons. The van der Waals surface area contributed by atoms with Crippen molar-refractivity contribution in [2.24, 2.45) is 4.99 Å². The maximum Gasteiger partial charge on any atom is 0.170 e. The van der Waals surface area contributed by atoms with Crippen LogP contribution in [0.5, 0.6) is 0 Å². The van der Waals surface area contributed by atoms with Crippen molar-refractivity contribution in [1.29, 1.82) is 0 Å². The molecule has 29 heavy (non-hydrogen) atoms. The summed E-state index contributed by atoms with van der Waals surface area (Å²) in [5, 5.41) is 12.8. The first-order valence-corrected chi connectivity index (χ1v) is 10.1. The van der Waals surface area contributed by atoms with Crippen LogP contribution in [0.15, 0.2) is 47.5 Å². The summed E-state index contributed by atoms with van der Waals surface area (Å²) >= 11 is 0. The zero-order valence-electron chi connectivity index (χ0n) is 17.9. The molecule has 0 spiro atoms. The molecule has 1 fully saturated rings. The molecule has 0 amide bonds. The van der Waals surface area contributed by atoms with E-state index in [1.807, 2.05) is 32.3 Å². The molecule has 1 saturated heterocycles. The first kappa shape index (κ1) is 21.3. The van der Waals surface area contributed by atoms with Gasteiger partial charge in [-0.05, 0) is 75.1 Å². The molecule has 156 valence electrons. The van der Waals surface area contributed by atoms with E-state index >= 15 is 0 Å². The average Bonchev–Trinajstić information content (AvgIpc) is 3.01. The predicted molar refractivity (Wildman–Crippen MR) is 117 cm³/mol. The van der Waals surface area contributed by atoms with Gasteiger partial charge in [0.1, 0.15) is 6.17 Å². The number of benzene rings is 1. The standard InChI is InChI=1S/C23H31FN4O/c1-6-22(24)23(26-18(5)25-20-8-7-15(2)16(3)9-20)28-10-17(4)19(12-28)11-27-13-21(29)14-27/h6-10,12,18,21,25,29H,11,13-14H2,1-5H3/b22-6+,26-23+. The van der Waals surface area contributed by atoms with Crippen LogP contribution in [-0.2, 0) is 6.54 Å². The number of anilines is 1. The molecule has 1 atom stereocenters. The number of likely N-dealkylation sites (tertiary alicyclic amines) is 1. The number of halogens is 1. The van der Waals surface area contributed by atoms with Gasteiger partial charge >= 0.3 is 0 Å². The summed E-state index contributed by atoms with van der Waals surface area (Å²) in [6, 6.07) is 6.15. The molecule has 1 aliphatic heterocycles. The second-order valence-corrected chi connectivity index (χ2v) is 7.93. The lowest BCUT2D eigenvalue weighted by molar-refractivity contribution is -0.00294. The molecule has 0 bridgehead atoms. The maximum atomic E-state index is 14.7. The fourth-order valence-corrected chi connectivity index (χ4v) is 3.47. The highest BCUT2D eigenvalue weighted by atomic mass is 19.1. The van der Waals surface area contributed by atoms with Crippen molar-refractivity contribution >= 4 is 11.5 Å². The smallest absolute Gasteiger partial charge is 0.170 e. The Bertz CT molecular complexity index is 925. The van der Waals surface area contributed by atoms with Crippen molar-refractivity contribution in [2.45, 2.75) is 53.4 Å². The van der Waals surface area contributed by atoms with Gasteiger partial charge in [-0.3, -0.25) is 4.90 Å². The minimum atomic E-state index is -0.361. The lowest BCUT2D eigenvalue weighted by Crippen LogP contribution is -2.49. The minimum Gasteiger partial charge on any atom is -0.390 e. The lowest BCUT2D eigenvalue weighted by Gasteiger charge is -2.35. The van der Waals surface area contributed by atoms with Gasteiger partial charge < -0.3 is 15.0 Å². The van der Waals surface area contributed by atoms with E-state index in [1.54, 1.807) is 11.5 Å². The molecule has 1 aromatic carbocycles. The molecule has 1 unspecified atom stereocenters. The van der Waals surface area contributed by atoms with Crippen LogP contribution in [0.2, 0.25) is 0 Å². The Hall–Kier alpha value is -2.44. The van der Waals surface area contributed by atoms with Gasteiger partial charge in [-0.2, -0.15) is 0 Å². The topological polar surface area (TPSA) is 52.8 Å². The molecule has 6 heteroatoms. The Kier molecular flexibility index (Phi) is 6.55. The number of β-amino-alcohol motifs (C(OH)–C–C–N with tert-alkyl or cyclic N) is 1. The number of aromatic nitrogens is 1. The molecule has 0 aliphatic carbocycles. The van der Waals surface area contributed by atoms with E-state index in [-0.39, 0.29) is 23.9 Å². The van der Waals surface area contributed by atoms with E-state index in [9.17, 15) is 9.50 Å². The van der Waals surface area contributed by atoms with Crippen molar-refractivity contribution in [3.8, 4) is 0 Å². The Morgan fingerprint density at radius 2 is 1.97 bits per heavy atom. The number of aryl methyl sites for hydroxylation is 3. The van der Waals surface area contributed by atoms with Crippen LogP contribution in [0.4, 0.5) is 10.1 Å². The zero-order valence-corrected chi connectivity index (χ0v) is 17.9. The van der Waals surface area contributed by atoms with E-state index in [0.29, 0.717) is 13.1 Å². The van der Waals surface area contributed by atoms with Gasteiger partial charge in [-0.25, -0.2) is 9.38 Å². The summed E-state index contributed by atoms with van der Waals surface area (Å²) < 4.78 is 16.4. The fraction of sp³-hybridized carbons (Fsp3) is 0.435. The van der Waals surface area contributed by atoms with Crippen LogP contribution in [0.1, 0.15) is 36.1 Å². The van der Waals surface area contributed by atoms with E-state index in [4.69, 9.17) is 0 Å². The van der Waals surface area contributed by atoms with Gasteiger partial charge in [0.2, 0.25) is 0 Å². The molecule has 5 nitrogen and oxygen atoms in total. The predicted octanol–water partition coefficient (Wildman–Crippen LogP) is 4.17. The van der Waals surface area contributed by atoms with Crippen molar-refractivity contribution in [2.75, 3.05) is 18.4 Å². The summed E-state index contributed by atoms with van der Waals surface area (Å²) in [6.07, 6.45) is 4.75. The number of rotatable bonds is 6. The molecule has 0 saturated carbocycles. The van der Waals surface area contributed by atoms with Gasteiger partial charge in [0.25, 0.3) is 0 Å². The largest absolute Gasteiger partial charge is 0.390 e. The van der Waals surface area contributed by atoms with Crippen LogP contribution in [0, 0.1) is 20.8 Å². The van der Waals surface area contributed by atoms with Crippen LogP contribution >= 0.6 is 0 Å². The number of aliphatic hydroxyl groups is 1. The van der Waals surface area contributed by atoms with Crippen LogP contribution in [0.3, 0.4) is 0 Å². The summed E-state index contributed by atoms with van der Waals surface area (Å²) in [4.78, 5) is 6.79. The lowest BCUT2D eigenvalue weighted by atomic mass is 10.1. The number of aliphatic hydroxyl groups excluding tert-OH is 1. The van der Waals surface area contributed by atoms with E-state index in [1.165, 1.54) is 17.2 Å². The number of nitrogens with zero attached hydrogens (tertiary/aromatic N) is 3. The SMILES string of the molecule is C/C=C(F)\C(=N/C(C)Nc1ccc(C)c(C)c1)n1cc(C)c(CN2CC(O)C2)c1. The molecule has 1 aromatic heterocycles. The number of hydrogen-bond donors (Lipinski definition) is 2. The average molecular weight is 399 g/mol. The summed E-state index contributed by atoms with van der Waals surface area (Å²) in [5.41, 5.74) is 5.59. The third-order valence-electron chi connectivity index (χ3n) is 5.38. The Balaban J connectivity index is 1.81. The fourth-order valence-electron chi connectivity index (χ4n) is 3.47.